The maximum atomic E-state index is 7.05. The second kappa shape index (κ2) is 15.9. The van der Waals surface area contributed by atoms with E-state index < -0.39 is 0 Å². The molecule has 0 spiro atoms. The predicted octanol–water partition coefficient (Wildman–Crippen LogP) is 14.4. The Morgan fingerprint density at radius 2 is 0.887 bits per heavy atom. The summed E-state index contributed by atoms with van der Waals surface area (Å²) in [6.45, 7) is 10.7. The topological polar surface area (TPSA) is 18.5 Å². The highest BCUT2D eigenvalue weighted by molar-refractivity contribution is 6.31. The number of anilines is 8. The van der Waals surface area contributed by atoms with E-state index in [0.717, 1.165) is 58.3 Å². The molecule has 0 aliphatic heterocycles. The molecule has 0 bridgehead atoms. The number of rotatable bonds is 11. The molecule has 0 aliphatic rings. The lowest BCUT2D eigenvalue weighted by Gasteiger charge is -2.30. The van der Waals surface area contributed by atoms with Gasteiger partial charge in [0.15, 0.2) is 0 Å². The number of nitrogens with one attached hydrogen (secondary N) is 1. The summed E-state index contributed by atoms with van der Waals surface area (Å²) < 4.78 is 0. The van der Waals surface area contributed by atoms with E-state index in [1.165, 1.54) is 38.9 Å². The minimum Gasteiger partial charge on any atom is -0.356 e. The molecule has 0 heterocycles. The first-order valence-electron chi connectivity index (χ1n) is 18.3. The van der Waals surface area contributed by atoms with Crippen LogP contribution in [0.4, 0.5) is 45.5 Å². The normalized spacial score (nSPS) is 11.0. The highest BCUT2D eigenvalue weighted by Crippen LogP contribution is 2.43. The average Bonchev–Trinajstić information content (AvgIpc) is 3.12. The van der Waals surface area contributed by atoms with Gasteiger partial charge < -0.3 is 15.1 Å². The molecule has 0 aromatic heterocycles. The van der Waals surface area contributed by atoms with Gasteiger partial charge in [-0.15, -0.1) is 0 Å². The van der Waals surface area contributed by atoms with Crippen molar-refractivity contribution in [2.75, 3.05) is 15.1 Å². The van der Waals surface area contributed by atoms with E-state index in [0.29, 0.717) is 5.02 Å². The molecule has 0 atom stereocenters. The van der Waals surface area contributed by atoms with Crippen LogP contribution in [0.15, 0.2) is 158 Å². The van der Waals surface area contributed by atoms with Crippen LogP contribution in [0.25, 0.3) is 0 Å². The summed E-state index contributed by atoms with van der Waals surface area (Å²) in [5.41, 5.74) is 17.3. The Bertz CT molecular complexity index is 2330. The number of hydrogen-bond acceptors (Lipinski definition) is 3. The second-order valence-corrected chi connectivity index (χ2v) is 14.6. The van der Waals surface area contributed by atoms with Gasteiger partial charge in [-0.1, -0.05) is 78.3 Å². The van der Waals surface area contributed by atoms with E-state index in [4.69, 9.17) is 11.6 Å². The zero-order valence-electron chi connectivity index (χ0n) is 31.2. The summed E-state index contributed by atoms with van der Waals surface area (Å²) in [6, 6.07) is 56.4. The van der Waals surface area contributed by atoms with Gasteiger partial charge in [0, 0.05) is 50.5 Å². The standard InChI is InChI=1S/C49H46ClN3/c1-34-11-6-16-42(25-34)51-43-24-23-40(38(5)29-43)22-21-39-15-10-20-47(30-39)53(46-19-9-14-37(4)28-46)49-32-41(50)31-48(33-49)52(44-17-7-12-35(2)26-44)45-18-8-13-36(3)27-45/h6-20,23-33,51H,21-22H2,1-5H3. The lowest BCUT2D eigenvalue weighted by atomic mass is 9.99. The van der Waals surface area contributed by atoms with Crippen LogP contribution in [0.5, 0.6) is 0 Å². The van der Waals surface area contributed by atoms with Gasteiger partial charge >= 0.3 is 0 Å². The van der Waals surface area contributed by atoms with E-state index in [9.17, 15) is 0 Å². The van der Waals surface area contributed by atoms with Crippen molar-refractivity contribution in [3.63, 3.8) is 0 Å². The fraction of sp³-hybridized carbons (Fsp3) is 0.143. The Morgan fingerprint density at radius 3 is 1.40 bits per heavy atom. The molecule has 3 nitrogen and oxygen atoms in total. The Labute approximate surface area is 320 Å². The van der Waals surface area contributed by atoms with Crippen LogP contribution in [0, 0.1) is 34.6 Å². The average molecular weight is 712 g/mol. The third-order valence-corrected chi connectivity index (χ3v) is 9.88. The molecule has 0 radical (unpaired) electrons. The molecule has 0 aliphatic carbocycles. The molecule has 0 saturated carbocycles. The monoisotopic (exact) mass is 711 g/mol. The van der Waals surface area contributed by atoms with Gasteiger partial charge in [0.1, 0.15) is 0 Å². The number of hydrogen-bond donors (Lipinski definition) is 1. The van der Waals surface area contributed by atoms with E-state index in [1.54, 1.807) is 0 Å². The highest BCUT2D eigenvalue weighted by atomic mass is 35.5. The molecule has 264 valence electrons. The third kappa shape index (κ3) is 8.65. The van der Waals surface area contributed by atoms with Crippen molar-refractivity contribution in [3.05, 3.63) is 202 Å². The van der Waals surface area contributed by atoms with Crippen LogP contribution in [0.1, 0.15) is 38.9 Å². The van der Waals surface area contributed by atoms with Crippen molar-refractivity contribution in [2.24, 2.45) is 0 Å². The molecule has 7 aromatic rings. The van der Waals surface area contributed by atoms with Crippen molar-refractivity contribution < 1.29 is 0 Å². The van der Waals surface area contributed by atoms with Crippen LogP contribution >= 0.6 is 11.6 Å². The highest BCUT2D eigenvalue weighted by Gasteiger charge is 2.19. The minimum absolute atomic E-state index is 0.674. The molecule has 0 fully saturated rings. The molecule has 0 unspecified atom stereocenters. The summed E-state index contributed by atoms with van der Waals surface area (Å²) in [5.74, 6) is 0. The summed E-state index contributed by atoms with van der Waals surface area (Å²) in [7, 11) is 0. The maximum Gasteiger partial charge on any atom is 0.0497 e. The minimum atomic E-state index is 0.674. The first-order chi connectivity index (χ1) is 25.7. The lowest BCUT2D eigenvalue weighted by molar-refractivity contribution is 0.949. The molecule has 7 rings (SSSR count). The van der Waals surface area contributed by atoms with Gasteiger partial charge in [-0.25, -0.2) is 0 Å². The summed E-state index contributed by atoms with van der Waals surface area (Å²) in [4.78, 5) is 4.62. The molecule has 7 aromatic carbocycles. The molecule has 4 heteroatoms. The number of benzene rings is 7. The number of nitrogens with zero attached hydrogens (tertiary/aromatic N) is 2. The van der Waals surface area contributed by atoms with Crippen LogP contribution in [0.3, 0.4) is 0 Å². The van der Waals surface area contributed by atoms with Crippen LogP contribution in [-0.4, -0.2) is 0 Å². The Balaban J connectivity index is 1.23. The SMILES string of the molecule is Cc1cccc(Nc2ccc(CCc3cccc(N(c4cccc(C)c4)c4cc(Cl)cc(N(c5cccc(C)c5)c5cccc(C)c5)c4)c3)c(C)c2)c1. The fourth-order valence-corrected chi connectivity index (χ4v) is 7.31. The first kappa shape index (κ1) is 35.6. The molecule has 53 heavy (non-hydrogen) atoms. The van der Waals surface area contributed by atoms with Crippen molar-refractivity contribution in [1.82, 2.24) is 0 Å². The van der Waals surface area contributed by atoms with Gasteiger partial charge in [0.2, 0.25) is 0 Å². The van der Waals surface area contributed by atoms with Gasteiger partial charge in [-0.3, -0.25) is 0 Å². The predicted molar refractivity (Wildman–Crippen MR) is 228 cm³/mol. The van der Waals surface area contributed by atoms with Gasteiger partial charge in [-0.2, -0.15) is 0 Å². The quantitative estimate of drug-likeness (QED) is 0.144. The molecular weight excluding hydrogens is 666 g/mol. The fourth-order valence-electron chi connectivity index (χ4n) is 7.09. The first-order valence-corrected chi connectivity index (χ1v) is 18.7. The largest absolute Gasteiger partial charge is 0.356 e. The van der Waals surface area contributed by atoms with E-state index in [-0.39, 0.29) is 0 Å². The summed E-state index contributed by atoms with van der Waals surface area (Å²) >= 11 is 7.05. The zero-order chi connectivity index (χ0) is 36.9. The van der Waals surface area contributed by atoms with Crippen LogP contribution in [-0.2, 0) is 12.8 Å². The summed E-state index contributed by atoms with van der Waals surface area (Å²) in [5, 5.41) is 4.24. The van der Waals surface area contributed by atoms with Crippen molar-refractivity contribution in [2.45, 2.75) is 47.5 Å². The smallest absolute Gasteiger partial charge is 0.0497 e. The van der Waals surface area contributed by atoms with Gasteiger partial charge in [0.05, 0.1) is 0 Å². The maximum absolute atomic E-state index is 7.05. The molecular formula is C49H46ClN3. The van der Waals surface area contributed by atoms with E-state index >= 15 is 0 Å². The molecule has 0 amide bonds. The van der Waals surface area contributed by atoms with Crippen molar-refractivity contribution in [3.8, 4) is 0 Å². The molecule has 0 saturated heterocycles. The van der Waals surface area contributed by atoms with E-state index in [2.05, 4.69) is 207 Å². The Kier molecular flexibility index (Phi) is 10.7. The Hall–Kier alpha value is -5.77. The Morgan fingerprint density at radius 1 is 0.415 bits per heavy atom. The van der Waals surface area contributed by atoms with E-state index in [1.807, 2.05) is 0 Å². The van der Waals surface area contributed by atoms with Crippen LogP contribution in [0.2, 0.25) is 5.02 Å². The molecule has 1 N–H and O–H groups in total. The lowest BCUT2D eigenvalue weighted by Crippen LogP contribution is -2.14. The van der Waals surface area contributed by atoms with Crippen molar-refractivity contribution in [1.29, 1.82) is 0 Å². The summed E-state index contributed by atoms with van der Waals surface area (Å²) in [6.07, 6.45) is 1.88. The second-order valence-electron chi connectivity index (χ2n) is 14.2. The zero-order valence-corrected chi connectivity index (χ0v) is 32.0. The van der Waals surface area contributed by atoms with Gasteiger partial charge in [-0.05, 0) is 177 Å². The number of aryl methyl sites for hydroxylation is 7. The third-order valence-electron chi connectivity index (χ3n) is 9.66. The van der Waals surface area contributed by atoms with Crippen molar-refractivity contribution >= 4 is 57.1 Å². The number of halogens is 1. The van der Waals surface area contributed by atoms with Gasteiger partial charge in [0.25, 0.3) is 0 Å². The van der Waals surface area contributed by atoms with Crippen LogP contribution < -0.4 is 15.1 Å².